The van der Waals surface area contributed by atoms with Crippen molar-refractivity contribution in [2.45, 2.75) is 44.2 Å². The van der Waals surface area contributed by atoms with Crippen LogP contribution in [0.25, 0.3) is 11.1 Å². The summed E-state index contributed by atoms with van der Waals surface area (Å²) in [5, 5.41) is 12.3. The fourth-order valence-corrected chi connectivity index (χ4v) is 4.63. The highest BCUT2D eigenvalue weighted by Gasteiger charge is 2.29. The first kappa shape index (κ1) is 21.1. The van der Waals surface area contributed by atoms with Crippen LogP contribution in [0.15, 0.2) is 40.8 Å². The Morgan fingerprint density at radius 2 is 2.09 bits per heavy atom. The van der Waals surface area contributed by atoms with Gasteiger partial charge in [0.05, 0.1) is 25.3 Å². The molecule has 0 spiro atoms. The van der Waals surface area contributed by atoms with E-state index >= 15 is 0 Å². The number of para-hydroxylation sites is 1. The number of hydrogen-bond donors (Lipinski definition) is 1. The number of nitrogens with one attached hydrogen (secondary N) is 1. The first-order chi connectivity index (χ1) is 16.1. The van der Waals surface area contributed by atoms with E-state index in [0.717, 1.165) is 29.9 Å². The predicted octanol–water partition coefficient (Wildman–Crippen LogP) is 4.34. The van der Waals surface area contributed by atoms with Gasteiger partial charge in [0.15, 0.2) is 17.1 Å². The summed E-state index contributed by atoms with van der Waals surface area (Å²) in [5.74, 6) is 1.97. The number of carbonyl (C=O) groups excluding carboxylic acids is 1. The third kappa shape index (κ3) is 4.31. The lowest BCUT2D eigenvalue weighted by Crippen LogP contribution is -2.49. The van der Waals surface area contributed by atoms with Gasteiger partial charge in [0, 0.05) is 19.0 Å². The Kier molecular flexibility index (Phi) is 5.78. The summed E-state index contributed by atoms with van der Waals surface area (Å²) in [5.41, 5.74) is 2.58. The van der Waals surface area contributed by atoms with Crippen molar-refractivity contribution in [2.75, 3.05) is 20.2 Å². The maximum Gasteiger partial charge on any atom is 0.317 e. The van der Waals surface area contributed by atoms with Crippen molar-refractivity contribution in [3.63, 3.8) is 0 Å². The van der Waals surface area contributed by atoms with E-state index in [2.05, 4.69) is 16.4 Å². The van der Waals surface area contributed by atoms with Crippen molar-refractivity contribution in [1.29, 1.82) is 5.26 Å². The standard InChI is InChI=1S/C25H26N4O4/c1-31-21-10-9-16(11-22(21)32-19-6-2-3-7-19)18-13-27-25(30)29(14-18)15-23-28-20-8-4-5-17(12-26)24(20)33-23/h4-5,8-11,18-19H,2-3,6-7,13-15H2,1H3,(H,27,30). The number of carbonyl (C=O) groups is 1. The summed E-state index contributed by atoms with van der Waals surface area (Å²) in [6.07, 6.45) is 4.76. The van der Waals surface area contributed by atoms with Crippen molar-refractivity contribution in [3.05, 3.63) is 53.4 Å². The van der Waals surface area contributed by atoms with Gasteiger partial charge in [-0.1, -0.05) is 12.1 Å². The van der Waals surface area contributed by atoms with Crippen molar-refractivity contribution in [3.8, 4) is 17.6 Å². The van der Waals surface area contributed by atoms with Crippen molar-refractivity contribution in [1.82, 2.24) is 15.2 Å². The highest BCUT2D eigenvalue weighted by Crippen LogP contribution is 2.35. The van der Waals surface area contributed by atoms with E-state index in [0.29, 0.717) is 35.6 Å². The average Bonchev–Trinajstić information content (AvgIpc) is 3.49. The Bertz CT molecular complexity index is 1210. The van der Waals surface area contributed by atoms with Gasteiger partial charge in [0.1, 0.15) is 11.6 Å². The summed E-state index contributed by atoms with van der Waals surface area (Å²) >= 11 is 0. The molecule has 1 atom stereocenters. The molecule has 3 aromatic rings. The molecule has 2 fully saturated rings. The number of nitriles is 1. The van der Waals surface area contributed by atoms with Crippen molar-refractivity contribution < 1.29 is 18.7 Å². The molecule has 2 aromatic carbocycles. The molecule has 8 heteroatoms. The van der Waals surface area contributed by atoms with E-state index in [1.807, 2.05) is 18.2 Å². The first-order valence-electron chi connectivity index (χ1n) is 11.3. The van der Waals surface area contributed by atoms with E-state index in [1.54, 1.807) is 30.2 Å². The Morgan fingerprint density at radius 3 is 2.88 bits per heavy atom. The van der Waals surface area contributed by atoms with Crippen LogP contribution in [0.4, 0.5) is 4.79 Å². The van der Waals surface area contributed by atoms with Crippen LogP contribution in [0.5, 0.6) is 11.5 Å². The van der Waals surface area contributed by atoms with Crippen LogP contribution >= 0.6 is 0 Å². The molecular weight excluding hydrogens is 420 g/mol. The highest BCUT2D eigenvalue weighted by molar-refractivity contribution is 5.79. The minimum atomic E-state index is -0.162. The second-order valence-corrected chi connectivity index (χ2v) is 8.57. The second-order valence-electron chi connectivity index (χ2n) is 8.57. The number of ether oxygens (including phenoxy) is 2. The summed E-state index contributed by atoms with van der Waals surface area (Å²) in [6, 6.07) is 13.2. The van der Waals surface area contributed by atoms with Crippen LogP contribution in [-0.4, -0.2) is 42.2 Å². The molecule has 0 radical (unpaired) electrons. The molecule has 2 amide bonds. The number of nitrogens with zero attached hydrogens (tertiary/aromatic N) is 3. The van der Waals surface area contributed by atoms with Gasteiger partial charge in [-0.25, -0.2) is 9.78 Å². The number of hydrogen-bond acceptors (Lipinski definition) is 6. The van der Waals surface area contributed by atoms with E-state index in [1.165, 1.54) is 12.8 Å². The van der Waals surface area contributed by atoms with Gasteiger partial charge < -0.3 is 24.1 Å². The van der Waals surface area contributed by atoms with Crippen LogP contribution < -0.4 is 14.8 Å². The summed E-state index contributed by atoms with van der Waals surface area (Å²) < 4.78 is 17.6. The largest absolute Gasteiger partial charge is 0.493 e. The van der Waals surface area contributed by atoms with Gasteiger partial charge in [0.25, 0.3) is 0 Å². The number of methoxy groups -OCH3 is 1. The number of rotatable bonds is 6. The lowest BCUT2D eigenvalue weighted by Gasteiger charge is -2.33. The number of benzene rings is 2. The maximum absolute atomic E-state index is 12.6. The highest BCUT2D eigenvalue weighted by atomic mass is 16.5. The Hall–Kier alpha value is -3.73. The molecule has 1 unspecified atom stereocenters. The Labute approximate surface area is 192 Å². The molecule has 1 aromatic heterocycles. The molecule has 1 N–H and O–H groups in total. The van der Waals surface area contributed by atoms with Gasteiger partial charge in [-0.05, 0) is 55.5 Å². The van der Waals surface area contributed by atoms with Crippen LogP contribution in [0.1, 0.15) is 48.6 Å². The molecular formula is C25H26N4O4. The van der Waals surface area contributed by atoms with Crippen molar-refractivity contribution in [2.24, 2.45) is 0 Å². The van der Waals surface area contributed by atoms with Gasteiger partial charge in [-0.3, -0.25) is 0 Å². The number of urea groups is 1. The SMILES string of the molecule is COc1ccc(C2CNC(=O)N(Cc3nc4cccc(C#N)c4o3)C2)cc1OC1CCCC1. The maximum atomic E-state index is 12.6. The average molecular weight is 447 g/mol. The zero-order valence-electron chi connectivity index (χ0n) is 18.5. The second kappa shape index (κ2) is 9.02. The van der Waals surface area contributed by atoms with E-state index in [-0.39, 0.29) is 24.6 Å². The van der Waals surface area contributed by atoms with Gasteiger partial charge >= 0.3 is 6.03 Å². The molecule has 2 aliphatic rings. The third-order valence-corrected chi connectivity index (χ3v) is 6.39. The lowest BCUT2D eigenvalue weighted by atomic mass is 9.96. The van der Waals surface area contributed by atoms with Crippen molar-refractivity contribution >= 4 is 17.1 Å². The van der Waals surface area contributed by atoms with Gasteiger partial charge in [-0.2, -0.15) is 5.26 Å². The lowest BCUT2D eigenvalue weighted by molar-refractivity contribution is 0.170. The molecule has 8 nitrogen and oxygen atoms in total. The zero-order valence-corrected chi connectivity index (χ0v) is 18.5. The fourth-order valence-electron chi connectivity index (χ4n) is 4.63. The topological polar surface area (TPSA) is 101 Å². The predicted molar refractivity (Wildman–Crippen MR) is 121 cm³/mol. The third-order valence-electron chi connectivity index (χ3n) is 6.39. The molecule has 1 saturated carbocycles. The minimum Gasteiger partial charge on any atom is -0.493 e. The van der Waals surface area contributed by atoms with Crippen LogP contribution in [0.2, 0.25) is 0 Å². The van der Waals surface area contributed by atoms with E-state index in [9.17, 15) is 10.1 Å². The molecule has 1 saturated heterocycles. The molecule has 0 bridgehead atoms. The van der Waals surface area contributed by atoms with Crippen LogP contribution in [0.3, 0.4) is 0 Å². The van der Waals surface area contributed by atoms with Gasteiger partial charge in [0.2, 0.25) is 5.89 Å². The monoisotopic (exact) mass is 446 g/mol. The molecule has 2 heterocycles. The number of oxazole rings is 1. The first-order valence-corrected chi connectivity index (χ1v) is 11.3. The van der Waals surface area contributed by atoms with E-state index in [4.69, 9.17) is 13.9 Å². The smallest absolute Gasteiger partial charge is 0.317 e. The number of fused-ring (bicyclic) bond motifs is 1. The number of aromatic nitrogens is 1. The molecule has 1 aliphatic heterocycles. The molecule has 33 heavy (non-hydrogen) atoms. The molecule has 5 rings (SSSR count). The van der Waals surface area contributed by atoms with E-state index < -0.39 is 0 Å². The fraction of sp³-hybridized carbons (Fsp3) is 0.400. The number of amides is 2. The summed E-state index contributed by atoms with van der Waals surface area (Å²) in [6.45, 7) is 1.28. The Morgan fingerprint density at radius 1 is 1.24 bits per heavy atom. The normalized spacial score (nSPS) is 18.8. The zero-order chi connectivity index (χ0) is 22.8. The quantitative estimate of drug-likeness (QED) is 0.605. The minimum absolute atomic E-state index is 0.0820. The molecule has 170 valence electrons. The molecule has 1 aliphatic carbocycles. The summed E-state index contributed by atoms with van der Waals surface area (Å²) in [4.78, 5) is 18.7. The summed E-state index contributed by atoms with van der Waals surface area (Å²) in [7, 11) is 1.65. The van der Waals surface area contributed by atoms with Crippen LogP contribution in [0, 0.1) is 11.3 Å². The van der Waals surface area contributed by atoms with Gasteiger partial charge in [-0.15, -0.1) is 0 Å². The van der Waals surface area contributed by atoms with Crippen LogP contribution in [-0.2, 0) is 6.54 Å². The Balaban J connectivity index is 1.34.